The smallest absolute Gasteiger partial charge is 0.294 e. The molecule has 0 unspecified atom stereocenters. The number of likely N-dealkylation sites (tertiary alicyclic amines) is 1. The summed E-state index contributed by atoms with van der Waals surface area (Å²) in [5.41, 5.74) is 3.17. The summed E-state index contributed by atoms with van der Waals surface area (Å²) in [6.07, 6.45) is 5.73. The topological polar surface area (TPSA) is 105 Å². The van der Waals surface area contributed by atoms with Crippen LogP contribution in [-0.4, -0.2) is 56.2 Å². The Kier molecular flexibility index (Phi) is 6.78. The molecule has 33 heavy (non-hydrogen) atoms. The molecule has 1 saturated heterocycles. The van der Waals surface area contributed by atoms with Gasteiger partial charge < -0.3 is 20.1 Å². The molecule has 0 spiro atoms. The molecule has 1 amide bonds. The van der Waals surface area contributed by atoms with Crippen LogP contribution in [0.1, 0.15) is 37.9 Å². The predicted molar refractivity (Wildman–Crippen MR) is 129 cm³/mol. The Morgan fingerprint density at radius 3 is 2.79 bits per heavy atom. The number of anilines is 1. The first-order valence-electron chi connectivity index (χ1n) is 11.7. The highest BCUT2D eigenvalue weighted by Crippen LogP contribution is 2.21. The molecular formula is C24H34N7O2+. The standard InChI is InChI=1S/C24H33N7O2/c1-17(2)14-31(8-4-5-9-31)16-29-23-24(33)30(18(3)11-26-23)13-22(32)25-12-19-6-7-20-21(10-19)28-15-27-20/h6-7,10-11,15,17H,4-5,8-9,12-14,16H2,1-3H3,(H2-,25,26,27,28,29,32)/p+1. The first-order chi connectivity index (χ1) is 15.8. The maximum atomic E-state index is 13.1. The third-order valence-electron chi connectivity index (χ3n) is 6.38. The van der Waals surface area contributed by atoms with Crippen LogP contribution in [-0.2, 0) is 17.9 Å². The summed E-state index contributed by atoms with van der Waals surface area (Å²) < 4.78 is 2.45. The summed E-state index contributed by atoms with van der Waals surface area (Å²) in [6.45, 7) is 10.6. The maximum absolute atomic E-state index is 13.1. The van der Waals surface area contributed by atoms with Gasteiger partial charge >= 0.3 is 0 Å². The average molecular weight is 453 g/mol. The summed E-state index contributed by atoms with van der Waals surface area (Å²) >= 11 is 0. The van der Waals surface area contributed by atoms with Gasteiger partial charge in [-0.1, -0.05) is 19.9 Å². The van der Waals surface area contributed by atoms with Crippen LogP contribution in [0.25, 0.3) is 11.0 Å². The molecule has 0 saturated carbocycles. The van der Waals surface area contributed by atoms with Gasteiger partial charge in [0.05, 0.1) is 37.0 Å². The van der Waals surface area contributed by atoms with Crippen molar-refractivity contribution in [2.24, 2.45) is 5.92 Å². The van der Waals surface area contributed by atoms with E-state index in [0.29, 0.717) is 30.6 Å². The number of aromatic nitrogens is 4. The van der Waals surface area contributed by atoms with E-state index in [-0.39, 0.29) is 18.0 Å². The fourth-order valence-electron chi connectivity index (χ4n) is 4.81. The van der Waals surface area contributed by atoms with Gasteiger partial charge in [-0.15, -0.1) is 0 Å². The predicted octanol–water partition coefficient (Wildman–Crippen LogP) is 2.38. The first kappa shape index (κ1) is 23.0. The normalized spacial score (nSPS) is 15.3. The van der Waals surface area contributed by atoms with Gasteiger partial charge in [-0.05, 0) is 24.6 Å². The molecule has 1 aliphatic rings. The minimum Gasteiger partial charge on any atom is -0.350 e. The van der Waals surface area contributed by atoms with Crippen LogP contribution in [0.4, 0.5) is 5.82 Å². The van der Waals surface area contributed by atoms with Crippen molar-refractivity contribution >= 4 is 22.8 Å². The minimum atomic E-state index is -0.258. The van der Waals surface area contributed by atoms with Crippen LogP contribution in [0.2, 0.25) is 0 Å². The number of fused-ring (bicyclic) bond motifs is 1. The summed E-state index contributed by atoms with van der Waals surface area (Å²) in [5, 5.41) is 6.21. The third kappa shape index (κ3) is 5.42. The van der Waals surface area contributed by atoms with E-state index in [1.807, 2.05) is 18.2 Å². The van der Waals surface area contributed by atoms with Crippen molar-refractivity contribution < 1.29 is 9.28 Å². The van der Waals surface area contributed by atoms with E-state index >= 15 is 0 Å². The molecule has 0 bridgehead atoms. The Morgan fingerprint density at radius 2 is 2.03 bits per heavy atom. The number of rotatable bonds is 9. The van der Waals surface area contributed by atoms with Crippen LogP contribution < -0.4 is 16.2 Å². The lowest BCUT2D eigenvalue weighted by Crippen LogP contribution is -2.51. The summed E-state index contributed by atoms with van der Waals surface area (Å²) in [6, 6.07) is 5.81. The Labute approximate surface area is 193 Å². The number of aromatic amines is 1. The van der Waals surface area contributed by atoms with Gasteiger partial charge in [-0.2, -0.15) is 0 Å². The van der Waals surface area contributed by atoms with Gasteiger partial charge in [0.25, 0.3) is 5.56 Å². The van der Waals surface area contributed by atoms with Crippen molar-refractivity contribution in [3.05, 3.63) is 52.3 Å². The van der Waals surface area contributed by atoms with Crippen LogP contribution in [0.5, 0.6) is 0 Å². The summed E-state index contributed by atoms with van der Waals surface area (Å²) in [7, 11) is 0. The number of benzene rings is 1. The molecule has 2 aromatic heterocycles. The van der Waals surface area contributed by atoms with Crippen molar-refractivity contribution in [1.29, 1.82) is 0 Å². The summed E-state index contributed by atoms with van der Waals surface area (Å²) in [4.78, 5) is 37.3. The van der Waals surface area contributed by atoms with E-state index in [4.69, 9.17) is 0 Å². The van der Waals surface area contributed by atoms with Crippen molar-refractivity contribution in [2.45, 2.75) is 46.7 Å². The maximum Gasteiger partial charge on any atom is 0.294 e. The molecule has 176 valence electrons. The molecule has 1 aromatic carbocycles. The molecule has 3 aromatic rings. The van der Waals surface area contributed by atoms with Crippen LogP contribution in [0.15, 0.2) is 35.5 Å². The van der Waals surface area contributed by atoms with Crippen LogP contribution >= 0.6 is 0 Å². The van der Waals surface area contributed by atoms with Crippen molar-refractivity contribution in [2.75, 3.05) is 31.6 Å². The molecule has 0 radical (unpaired) electrons. The minimum absolute atomic E-state index is 0.0415. The van der Waals surface area contributed by atoms with E-state index in [1.54, 1.807) is 19.4 Å². The van der Waals surface area contributed by atoms with Gasteiger partial charge in [-0.3, -0.25) is 14.2 Å². The van der Waals surface area contributed by atoms with E-state index in [2.05, 4.69) is 39.4 Å². The fourth-order valence-corrected chi connectivity index (χ4v) is 4.81. The Bertz CT molecular complexity index is 1180. The van der Waals surface area contributed by atoms with E-state index < -0.39 is 0 Å². The molecule has 0 aliphatic carbocycles. The second-order valence-corrected chi connectivity index (χ2v) is 9.58. The molecule has 1 fully saturated rings. The summed E-state index contributed by atoms with van der Waals surface area (Å²) in [5.74, 6) is 0.682. The Hall–Kier alpha value is -3.20. The quantitative estimate of drug-likeness (QED) is 0.433. The number of carbonyl (C=O) groups excluding carboxylic acids is 1. The molecule has 0 atom stereocenters. The van der Waals surface area contributed by atoms with Gasteiger partial charge in [0.15, 0.2) is 12.5 Å². The van der Waals surface area contributed by atoms with Gasteiger partial charge in [0.2, 0.25) is 5.91 Å². The SMILES string of the molecule is Cc1cnc(NC[N+]2(CC(C)C)CCCC2)c(=O)n1CC(=O)NCc1ccc2nc[nH]c2c1. The van der Waals surface area contributed by atoms with E-state index in [0.717, 1.165) is 40.7 Å². The third-order valence-corrected chi connectivity index (χ3v) is 6.38. The number of nitrogens with one attached hydrogen (secondary N) is 3. The zero-order valence-electron chi connectivity index (χ0n) is 19.7. The molecule has 1 aliphatic heterocycles. The van der Waals surface area contributed by atoms with Gasteiger partial charge in [0.1, 0.15) is 6.54 Å². The van der Waals surface area contributed by atoms with E-state index in [1.165, 1.54) is 17.4 Å². The second-order valence-electron chi connectivity index (χ2n) is 9.58. The zero-order chi connectivity index (χ0) is 23.4. The van der Waals surface area contributed by atoms with Gasteiger partial charge in [-0.25, -0.2) is 9.97 Å². The number of hydrogen-bond donors (Lipinski definition) is 3. The number of quaternary nitrogens is 1. The monoisotopic (exact) mass is 452 g/mol. The van der Waals surface area contributed by atoms with Crippen LogP contribution in [0.3, 0.4) is 0 Å². The van der Waals surface area contributed by atoms with Crippen LogP contribution in [0, 0.1) is 12.8 Å². The number of hydrogen-bond acceptors (Lipinski definition) is 5. The van der Waals surface area contributed by atoms with Crippen molar-refractivity contribution in [3.63, 3.8) is 0 Å². The molecular weight excluding hydrogens is 418 g/mol. The zero-order valence-corrected chi connectivity index (χ0v) is 19.7. The van der Waals surface area contributed by atoms with Crippen molar-refractivity contribution in [3.8, 4) is 0 Å². The molecule has 3 N–H and O–H groups in total. The number of imidazole rings is 1. The van der Waals surface area contributed by atoms with Crippen molar-refractivity contribution in [1.82, 2.24) is 24.8 Å². The Morgan fingerprint density at radius 1 is 1.24 bits per heavy atom. The number of H-pyrrole nitrogens is 1. The average Bonchev–Trinajstić information content (AvgIpc) is 3.43. The second kappa shape index (κ2) is 9.74. The number of nitrogens with zero attached hydrogens (tertiary/aromatic N) is 4. The molecule has 9 heteroatoms. The Balaban J connectivity index is 1.40. The lowest BCUT2D eigenvalue weighted by molar-refractivity contribution is -0.916. The fraction of sp³-hybridized carbons (Fsp3) is 0.500. The highest BCUT2D eigenvalue weighted by atomic mass is 16.2. The van der Waals surface area contributed by atoms with E-state index in [9.17, 15) is 9.59 Å². The highest BCUT2D eigenvalue weighted by Gasteiger charge is 2.32. The molecule has 9 nitrogen and oxygen atoms in total. The first-order valence-corrected chi connectivity index (χ1v) is 11.7. The molecule has 3 heterocycles. The molecule has 4 rings (SSSR count). The number of aryl methyl sites for hydroxylation is 1. The van der Waals surface area contributed by atoms with Gasteiger partial charge in [0, 0.05) is 37.2 Å². The highest BCUT2D eigenvalue weighted by molar-refractivity contribution is 5.77. The lowest BCUT2D eigenvalue weighted by Gasteiger charge is -2.35. The largest absolute Gasteiger partial charge is 0.350 e. The number of carbonyl (C=O) groups is 1. The number of amides is 1. The lowest BCUT2D eigenvalue weighted by atomic mass is 10.2.